The molecule has 0 aliphatic rings. The lowest BCUT2D eigenvalue weighted by atomic mass is 10.1. The molecule has 0 aliphatic heterocycles. The molecule has 0 atom stereocenters. The van der Waals surface area contributed by atoms with E-state index >= 15 is 0 Å². The van der Waals surface area contributed by atoms with Gasteiger partial charge in [-0.1, -0.05) is 27.2 Å². The van der Waals surface area contributed by atoms with E-state index in [0.29, 0.717) is 18.6 Å². The summed E-state index contributed by atoms with van der Waals surface area (Å²) >= 11 is 0. The third-order valence-corrected chi connectivity index (χ3v) is 2.00. The first-order valence-corrected chi connectivity index (χ1v) is 5.78. The van der Waals surface area contributed by atoms with Crippen molar-refractivity contribution in [3.05, 3.63) is 0 Å². The first-order valence-electron chi connectivity index (χ1n) is 5.78. The Morgan fingerprint density at radius 2 is 2.20 bits per heavy atom. The molecule has 4 heteroatoms. The van der Waals surface area contributed by atoms with Crippen molar-refractivity contribution in [2.75, 3.05) is 19.9 Å². The molecule has 0 saturated carbocycles. The number of aliphatic imine (C=N–C) groups is 1. The average molecular weight is 215 g/mol. The number of nitrogens with two attached hydrogens (primary N) is 1. The number of hydrogen-bond acceptors (Lipinski definition) is 2. The SMILES string of the molecule is CCCCOCN=C(N)NCCC(C)C. The number of nitrogens with one attached hydrogen (secondary N) is 1. The lowest BCUT2D eigenvalue weighted by Gasteiger charge is -2.07. The smallest absolute Gasteiger partial charge is 0.190 e. The molecule has 0 spiro atoms. The van der Waals surface area contributed by atoms with Crippen molar-refractivity contribution in [1.82, 2.24) is 5.32 Å². The lowest BCUT2D eigenvalue weighted by molar-refractivity contribution is 0.139. The lowest BCUT2D eigenvalue weighted by Crippen LogP contribution is -2.33. The van der Waals surface area contributed by atoms with Crippen molar-refractivity contribution in [2.45, 2.75) is 40.0 Å². The Morgan fingerprint density at radius 1 is 1.47 bits per heavy atom. The zero-order valence-corrected chi connectivity index (χ0v) is 10.3. The first kappa shape index (κ1) is 14.2. The number of unbranched alkanes of at least 4 members (excludes halogenated alkanes) is 1. The highest BCUT2D eigenvalue weighted by Crippen LogP contribution is 1.95. The van der Waals surface area contributed by atoms with Gasteiger partial charge in [-0.3, -0.25) is 0 Å². The largest absolute Gasteiger partial charge is 0.370 e. The van der Waals surface area contributed by atoms with Crippen molar-refractivity contribution in [3.63, 3.8) is 0 Å². The van der Waals surface area contributed by atoms with Gasteiger partial charge in [0.1, 0.15) is 6.73 Å². The van der Waals surface area contributed by atoms with Crippen molar-refractivity contribution in [3.8, 4) is 0 Å². The van der Waals surface area contributed by atoms with Crippen LogP contribution in [0, 0.1) is 5.92 Å². The third kappa shape index (κ3) is 11.2. The van der Waals surface area contributed by atoms with Gasteiger partial charge in [0.2, 0.25) is 0 Å². The Morgan fingerprint density at radius 3 is 2.80 bits per heavy atom. The predicted molar refractivity (Wildman–Crippen MR) is 64.8 cm³/mol. The quantitative estimate of drug-likeness (QED) is 0.368. The highest BCUT2D eigenvalue weighted by molar-refractivity contribution is 5.77. The summed E-state index contributed by atoms with van der Waals surface area (Å²) in [6.07, 6.45) is 3.33. The fourth-order valence-electron chi connectivity index (χ4n) is 0.971. The van der Waals surface area contributed by atoms with Crippen LogP contribution >= 0.6 is 0 Å². The normalized spacial score (nSPS) is 12.1. The molecule has 4 nitrogen and oxygen atoms in total. The molecule has 0 heterocycles. The fraction of sp³-hybridized carbons (Fsp3) is 0.909. The Balaban J connectivity index is 3.35. The number of ether oxygens (including phenoxy) is 1. The Hall–Kier alpha value is -0.770. The standard InChI is InChI=1S/C11H25N3O/c1-4-5-8-15-9-14-11(12)13-7-6-10(2)3/h10H,4-9H2,1-3H3,(H3,12,13,14). The van der Waals surface area contributed by atoms with Crippen molar-refractivity contribution in [2.24, 2.45) is 16.6 Å². The van der Waals surface area contributed by atoms with Crippen molar-refractivity contribution in [1.29, 1.82) is 0 Å². The summed E-state index contributed by atoms with van der Waals surface area (Å²) in [7, 11) is 0. The zero-order chi connectivity index (χ0) is 11.5. The van der Waals surface area contributed by atoms with Crippen LogP contribution in [0.5, 0.6) is 0 Å². The first-order chi connectivity index (χ1) is 7.16. The van der Waals surface area contributed by atoms with E-state index in [-0.39, 0.29) is 0 Å². The van der Waals surface area contributed by atoms with Crippen LogP contribution in [0.15, 0.2) is 4.99 Å². The third-order valence-electron chi connectivity index (χ3n) is 2.00. The Labute approximate surface area is 93.3 Å². The molecule has 15 heavy (non-hydrogen) atoms. The topological polar surface area (TPSA) is 59.6 Å². The van der Waals surface area contributed by atoms with E-state index in [2.05, 4.69) is 31.1 Å². The van der Waals surface area contributed by atoms with E-state index < -0.39 is 0 Å². The molecule has 0 fully saturated rings. The molecule has 0 aliphatic carbocycles. The number of guanidine groups is 1. The molecule has 0 aromatic carbocycles. The summed E-state index contributed by atoms with van der Waals surface area (Å²) in [6.45, 7) is 8.50. The van der Waals surface area contributed by atoms with Crippen LogP contribution < -0.4 is 11.1 Å². The van der Waals surface area contributed by atoms with E-state index in [1.54, 1.807) is 0 Å². The fourth-order valence-corrected chi connectivity index (χ4v) is 0.971. The maximum Gasteiger partial charge on any atom is 0.190 e. The van der Waals surface area contributed by atoms with Crippen LogP contribution in [-0.4, -0.2) is 25.8 Å². The molecular formula is C11H25N3O. The van der Waals surface area contributed by atoms with Crippen LogP contribution in [0.1, 0.15) is 40.0 Å². The summed E-state index contributed by atoms with van der Waals surface area (Å²) in [6, 6.07) is 0. The molecular weight excluding hydrogens is 190 g/mol. The van der Waals surface area contributed by atoms with Crippen LogP contribution in [0.4, 0.5) is 0 Å². The second-order valence-electron chi connectivity index (χ2n) is 4.04. The minimum atomic E-state index is 0.362. The van der Waals surface area contributed by atoms with Gasteiger partial charge in [0.15, 0.2) is 5.96 Å². The van der Waals surface area contributed by atoms with Crippen molar-refractivity contribution >= 4 is 5.96 Å². The van der Waals surface area contributed by atoms with Gasteiger partial charge in [-0.2, -0.15) is 0 Å². The maximum absolute atomic E-state index is 5.63. The van der Waals surface area contributed by atoms with E-state index in [1.807, 2.05) is 0 Å². The second-order valence-corrected chi connectivity index (χ2v) is 4.04. The zero-order valence-electron chi connectivity index (χ0n) is 10.3. The molecule has 90 valence electrons. The van der Waals surface area contributed by atoms with E-state index in [4.69, 9.17) is 10.5 Å². The van der Waals surface area contributed by atoms with Gasteiger partial charge >= 0.3 is 0 Å². The molecule has 0 rings (SSSR count). The van der Waals surface area contributed by atoms with Gasteiger partial charge in [0, 0.05) is 13.2 Å². The van der Waals surface area contributed by atoms with Crippen LogP contribution in [0.3, 0.4) is 0 Å². The Bertz CT molecular complexity index is 169. The summed E-state index contributed by atoms with van der Waals surface area (Å²) in [5.74, 6) is 1.17. The molecule has 0 aromatic rings. The van der Waals surface area contributed by atoms with Gasteiger partial charge in [-0.15, -0.1) is 0 Å². The summed E-state index contributed by atoms with van der Waals surface area (Å²) < 4.78 is 5.26. The molecule has 0 unspecified atom stereocenters. The van der Waals surface area contributed by atoms with Gasteiger partial charge in [0.05, 0.1) is 0 Å². The van der Waals surface area contributed by atoms with E-state index in [0.717, 1.165) is 32.4 Å². The summed E-state index contributed by atoms with van der Waals surface area (Å²) in [4.78, 5) is 4.05. The Kier molecular flexibility index (Phi) is 9.27. The molecule has 0 radical (unpaired) electrons. The summed E-state index contributed by atoms with van der Waals surface area (Å²) in [5.41, 5.74) is 5.63. The number of rotatable bonds is 8. The molecule has 0 bridgehead atoms. The maximum atomic E-state index is 5.63. The molecule has 3 N–H and O–H groups in total. The van der Waals surface area contributed by atoms with E-state index in [1.165, 1.54) is 0 Å². The molecule has 0 saturated heterocycles. The monoisotopic (exact) mass is 215 g/mol. The average Bonchev–Trinajstić information content (AvgIpc) is 2.17. The van der Waals surface area contributed by atoms with Gasteiger partial charge in [0.25, 0.3) is 0 Å². The van der Waals surface area contributed by atoms with Crippen LogP contribution in [0.2, 0.25) is 0 Å². The minimum Gasteiger partial charge on any atom is -0.370 e. The summed E-state index contributed by atoms with van der Waals surface area (Å²) in [5, 5.41) is 3.05. The van der Waals surface area contributed by atoms with Gasteiger partial charge in [-0.05, 0) is 18.8 Å². The van der Waals surface area contributed by atoms with E-state index in [9.17, 15) is 0 Å². The number of hydrogen-bond donors (Lipinski definition) is 2. The van der Waals surface area contributed by atoms with Crippen molar-refractivity contribution < 1.29 is 4.74 Å². The highest BCUT2D eigenvalue weighted by atomic mass is 16.5. The molecule has 0 amide bonds. The van der Waals surface area contributed by atoms with Gasteiger partial charge < -0.3 is 15.8 Å². The number of nitrogens with zero attached hydrogens (tertiary/aromatic N) is 1. The second kappa shape index (κ2) is 9.77. The predicted octanol–water partition coefficient (Wildman–Crippen LogP) is 1.71. The van der Waals surface area contributed by atoms with Gasteiger partial charge in [-0.25, -0.2) is 4.99 Å². The highest BCUT2D eigenvalue weighted by Gasteiger charge is 1.94. The molecule has 0 aromatic heterocycles. The van der Waals surface area contributed by atoms with Crippen LogP contribution in [0.25, 0.3) is 0 Å². The van der Waals surface area contributed by atoms with Crippen LogP contribution in [-0.2, 0) is 4.74 Å². The minimum absolute atomic E-state index is 0.362.